The molecule has 3 rings (SSSR count). The average molecular weight is 346 g/mol. The fourth-order valence-corrected chi connectivity index (χ4v) is 3.19. The summed E-state index contributed by atoms with van der Waals surface area (Å²) in [5.74, 6) is 0.982. The molecule has 0 aliphatic carbocycles. The Kier molecular flexibility index (Phi) is 4.37. The van der Waals surface area contributed by atoms with Crippen molar-refractivity contribution in [1.29, 1.82) is 5.26 Å². The molecule has 0 bridgehead atoms. The fraction of sp³-hybridized carbons (Fsp3) is 0.200. The van der Waals surface area contributed by atoms with Crippen molar-refractivity contribution in [2.75, 3.05) is 11.5 Å². The summed E-state index contributed by atoms with van der Waals surface area (Å²) in [6.45, 7) is 1.96. The van der Waals surface area contributed by atoms with Gasteiger partial charge in [0.1, 0.15) is 17.6 Å². The number of hydrogen-bond acceptors (Lipinski definition) is 7. The summed E-state index contributed by atoms with van der Waals surface area (Å²) in [5.41, 5.74) is 8.41. The Bertz CT molecular complexity index is 918. The third-order valence-electron chi connectivity index (χ3n) is 3.19. The van der Waals surface area contributed by atoms with Crippen molar-refractivity contribution in [3.63, 3.8) is 0 Å². The largest absolute Gasteiger partial charge is 0.461 e. The molecule has 0 spiro atoms. The normalized spacial score (nSPS) is 10.8. The number of pyridine rings is 1. The summed E-state index contributed by atoms with van der Waals surface area (Å²) in [7, 11) is 0. The lowest BCUT2D eigenvalue weighted by molar-refractivity contribution is 0.611. The molecule has 0 saturated carbocycles. The van der Waals surface area contributed by atoms with Gasteiger partial charge in [-0.25, -0.2) is 15.0 Å². The fourth-order valence-electron chi connectivity index (χ4n) is 2.11. The number of fused-ring (bicyclic) bond motifs is 1. The number of anilines is 1. The van der Waals surface area contributed by atoms with Crippen molar-refractivity contribution in [2.45, 2.75) is 18.5 Å². The maximum absolute atomic E-state index is 8.89. The van der Waals surface area contributed by atoms with Crippen LogP contribution in [0.5, 0.6) is 0 Å². The first-order valence-electron chi connectivity index (χ1n) is 6.77. The summed E-state index contributed by atoms with van der Waals surface area (Å²) in [6, 6.07) is 5.38. The van der Waals surface area contributed by atoms with Gasteiger partial charge < -0.3 is 10.2 Å². The minimum absolute atomic E-state index is 0.261. The molecule has 3 aromatic heterocycles. The minimum Gasteiger partial charge on any atom is -0.461 e. The van der Waals surface area contributed by atoms with Gasteiger partial charge in [-0.05, 0) is 25.0 Å². The molecule has 0 aliphatic rings. The van der Waals surface area contributed by atoms with Crippen molar-refractivity contribution < 1.29 is 4.42 Å². The van der Waals surface area contributed by atoms with Gasteiger partial charge >= 0.3 is 0 Å². The van der Waals surface area contributed by atoms with Gasteiger partial charge in [-0.2, -0.15) is 5.26 Å². The lowest BCUT2D eigenvalue weighted by Gasteiger charge is -2.03. The van der Waals surface area contributed by atoms with E-state index in [1.54, 1.807) is 6.26 Å². The highest BCUT2D eigenvalue weighted by molar-refractivity contribution is 7.99. The van der Waals surface area contributed by atoms with E-state index in [0.29, 0.717) is 28.1 Å². The van der Waals surface area contributed by atoms with Crippen LogP contribution < -0.4 is 5.73 Å². The van der Waals surface area contributed by atoms with E-state index in [2.05, 4.69) is 15.0 Å². The Balaban J connectivity index is 1.73. The maximum atomic E-state index is 8.89. The summed E-state index contributed by atoms with van der Waals surface area (Å²) < 4.78 is 5.38. The van der Waals surface area contributed by atoms with Crippen LogP contribution in [0, 0.1) is 18.3 Å². The Morgan fingerprint density at radius 1 is 1.35 bits per heavy atom. The van der Waals surface area contributed by atoms with Gasteiger partial charge in [-0.3, -0.25) is 0 Å². The average Bonchev–Trinajstić information content (AvgIpc) is 2.89. The lowest BCUT2D eigenvalue weighted by Crippen LogP contribution is -1.99. The third-order valence-corrected chi connectivity index (χ3v) is 4.30. The number of nitrogens with two attached hydrogens (primary N) is 1. The molecule has 2 N–H and O–H groups in total. The van der Waals surface area contributed by atoms with Crippen LogP contribution in [0.1, 0.15) is 17.0 Å². The predicted octanol–water partition coefficient (Wildman–Crippen LogP) is 3.37. The van der Waals surface area contributed by atoms with Gasteiger partial charge in [0.05, 0.1) is 6.26 Å². The number of rotatable bonds is 4. The molecule has 3 heterocycles. The topological polar surface area (TPSA) is 102 Å². The Morgan fingerprint density at radius 3 is 2.96 bits per heavy atom. The van der Waals surface area contributed by atoms with Crippen molar-refractivity contribution in [3.05, 3.63) is 40.5 Å². The minimum atomic E-state index is 0.261. The van der Waals surface area contributed by atoms with Crippen LogP contribution in [0.4, 0.5) is 5.82 Å². The molecule has 0 fully saturated rings. The summed E-state index contributed by atoms with van der Waals surface area (Å²) in [5, 5.41) is 10.7. The van der Waals surface area contributed by atoms with Crippen LogP contribution in [-0.4, -0.2) is 20.7 Å². The van der Waals surface area contributed by atoms with E-state index < -0.39 is 0 Å². The molecule has 8 heteroatoms. The highest BCUT2D eigenvalue weighted by atomic mass is 35.5. The zero-order chi connectivity index (χ0) is 16.4. The standard InChI is InChI=1S/C15H12ClN5OS/c1-8-7-22-13-11(8)4-9(19-14(13)16)2-3-23-15-20-10(6-17)5-12(18)21-15/h4-5,7H,2-3H2,1H3,(H2,18,20,21). The molecule has 0 aromatic carbocycles. The van der Waals surface area contributed by atoms with Crippen molar-refractivity contribution >= 4 is 40.1 Å². The van der Waals surface area contributed by atoms with Gasteiger partial charge in [0.25, 0.3) is 0 Å². The number of nitrogen functional groups attached to an aromatic ring is 1. The molecule has 0 radical (unpaired) electrons. The number of hydrogen-bond donors (Lipinski definition) is 1. The zero-order valence-electron chi connectivity index (χ0n) is 12.2. The van der Waals surface area contributed by atoms with Crippen molar-refractivity contribution in [3.8, 4) is 6.07 Å². The summed E-state index contributed by atoms with van der Waals surface area (Å²) in [6.07, 6.45) is 2.35. The quantitative estimate of drug-likeness (QED) is 0.439. The zero-order valence-corrected chi connectivity index (χ0v) is 13.8. The second kappa shape index (κ2) is 6.44. The van der Waals surface area contributed by atoms with Gasteiger partial charge in [-0.1, -0.05) is 23.4 Å². The van der Waals surface area contributed by atoms with Crippen LogP contribution in [0.3, 0.4) is 0 Å². The van der Waals surface area contributed by atoms with E-state index in [4.69, 9.17) is 27.0 Å². The second-order valence-electron chi connectivity index (χ2n) is 4.87. The molecule has 0 saturated heterocycles. The monoisotopic (exact) mass is 345 g/mol. The van der Waals surface area contributed by atoms with Crippen LogP contribution in [0.2, 0.25) is 5.15 Å². The van der Waals surface area contributed by atoms with Gasteiger partial charge in [0.15, 0.2) is 15.9 Å². The second-order valence-corrected chi connectivity index (χ2v) is 6.29. The molecular formula is C15H12ClN5OS. The molecule has 23 heavy (non-hydrogen) atoms. The Hall–Kier alpha value is -2.30. The highest BCUT2D eigenvalue weighted by Crippen LogP contribution is 2.27. The SMILES string of the molecule is Cc1coc2c(Cl)nc(CCSc3nc(N)cc(C#N)n3)cc12. The first-order valence-corrected chi connectivity index (χ1v) is 8.14. The molecule has 116 valence electrons. The van der Waals surface area contributed by atoms with Crippen LogP contribution in [0.25, 0.3) is 11.0 Å². The van der Waals surface area contributed by atoms with Gasteiger partial charge in [-0.15, -0.1) is 0 Å². The highest BCUT2D eigenvalue weighted by Gasteiger charge is 2.10. The van der Waals surface area contributed by atoms with Gasteiger partial charge in [0, 0.05) is 22.9 Å². The lowest BCUT2D eigenvalue weighted by atomic mass is 10.2. The van der Waals surface area contributed by atoms with E-state index in [1.165, 1.54) is 17.8 Å². The number of halogens is 1. The maximum Gasteiger partial charge on any atom is 0.190 e. The van der Waals surface area contributed by atoms with Crippen molar-refractivity contribution in [1.82, 2.24) is 15.0 Å². The molecule has 3 aromatic rings. The first-order chi connectivity index (χ1) is 11.1. The third kappa shape index (κ3) is 3.38. The molecular weight excluding hydrogens is 334 g/mol. The predicted molar refractivity (Wildman–Crippen MR) is 89.3 cm³/mol. The number of aryl methyl sites for hydroxylation is 2. The number of nitrogens with zero attached hydrogens (tertiary/aromatic N) is 4. The molecule has 6 nitrogen and oxygen atoms in total. The van der Waals surface area contributed by atoms with Crippen molar-refractivity contribution in [2.24, 2.45) is 0 Å². The van der Waals surface area contributed by atoms with E-state index in [1.807, 2.05) is 19.1 Å². The number of thioether (sulfide) groups is 1. The first kappa shape index (κ1) is 15.6. The Labute approximate surface area is 141 Å². The van der Waals surface area contributed by atoms with E-state index in [-0.39, 0.29) is 11.5 Å². The number of nitriles is 1. The molecule has 0 aliphatic heterocycles. The smallest absolute Gasteiger partial charge is 0.190 e. The van der Waals surface area contributed by atoms with Crippen LogP contribution in [0.15, 0.2) is 28.0 Å². The van der Waals surface area contributed by atoms with Crippen LogP contribution in [-0.2, 0) is 6.42 Å². The molecule has 0 atom stereocenters. The van der Waals surface area contributed by atoms with E-state index in [0.717, 1.165) is 16.6 Å². The Morgan fingerprint density at radius 2 is 2.17 bits per heavy atom. The number of furan rings is 1. The van der Waals surface area contributed by atoms with E-state index >= 15 is 0 Å². The molecule has 0 unspecified atom stereocenters. The number of aromatic nitrogens is 3. The van der Waals surface area contributed by atoms with Crippen LogP contribution >= 0.6 is 23.4 Å². The summed E-state index contributed by atoms with van der Waals surface area (Å²) in [4.78, 5) is 12.5. The van der Waals surface area contributed by atoms with Gasteiger partial charge in [0.2, 0.25) is 0 Å². The van der Waals surface area contributed by atoms with E-state index in [9.17, 15) is 0 Å². The summed E-state index contributed by atoms with van der Waals surface area (Å²) >= 11 is 7.56. The molecule has 0 amide bonds.